The van der Waals surface area contributed by atoms with E-state index in [0.29, 0.717) is 10.5 Å². The highest BCUT2D eigenvalue weighted by Gasteiger charge is 2.24. The number of piperidine rings is 1. The quantitative estimate of drug-likeness (QED) is 0.848. The zero-order valence-electron chi connectivity index (χ0n) is 9.78. The van der Waals surface area contributed by atoms with E-state index in [-0.39, 0.29) is 17.6 Å². The summed E-state index contributed by atoms with van der Waals surface area (Å²) in [6.07, 6.45) is 3.06. The first-order valence-corrected chi connectivity index (χ1v) is 6.89. The zero-order valence-corrected chi connectivity index (χ0v) is 10.6. The van der Waals surface area contributed by atoms with Gasteiger partial charge in [-0.25, -0.2) is 9.37 Å². The van der Waals surface area contributed by atoms with Gasteiger partial charge in [-0.1, -0.05) is 6.42 Å². The van der Waals surface area contributed by atoms with Gasteiger partial charge >= 0.3 is 0 Å². The third kappa shape index (κ3) is 2.15. The molecule has 0 bridgehead atoms. The van der Waals surface area contributed by atoms with E-state index in [1.807, 2.05) is 0 Å². The fourth-order valence-corrected chi connectivity index (χ4v) is 3.21. The molecule has 3 nitrogen and oxygen atoms in total. The van der Waals surface area contributed by atoms with Gasteiger partial charge in [0.2, 0.25) is 5.78 Å². The van der Waals surface area contributed by atoms with Crippen molar-refractivity contribution in [2.75, 3.05) is 6.54 Å². The van der Waals surface area contributed by atoms with Crippen molar-refractivity contribution >= 4 is 27.3 Å². The SMILES string of the molecule is O=C(c1nc2ccc(F)cc2s1)C1CCCCN1. The molecule has 2 heterocycles. The molecule has 1 aliphatic rings. The number of hydrogen-bond acceptors (Lipinski definition) is 4. The Kier molecular flexibility index (Phi) is 3.09. The van der Waals surface area contributed by atoms with Crippen molar-refractivity contribution in [3.63, 3.8) is 0 Å². The summed E-state index contributed by atoms with van der Waals surface area (Å²) in [7, 11) is 0. The van der Waals surface area contributed by atoms with Crippen molar-refractivity contribution in [3.05, 3.63) is 29.0 Å². The summed E-state index contributed by atoms with van der Waals surface area (Å²) in [5.41, 5.74) is 0.695. The van der Waals surface area contributed by atoms with E-state index < -0.39 is 0 Å². The number of nitrogens with zero attached hydrogens (tertiary/aromatic N) is 1. The number of fused-ring (bicyclic) bond motifs is 1. The lowest BCUT2D eigenvalue weighted by atomic mass is 10.0. The largest absolute Gasteiger partial charge is 0.307 e. The summed E-state index contributed by atoms with van der Waals surface area (Å²) in [5, 5.41) is 3.70. The Hall–Kier alpha value is -1.33. The molecule has 1 aromatic carbocycles. The van der Waals surface area contributed by atoms with Crippen molar-refractivity contribution in [1.29, 1.82) is 0 Å². The van der Waals surface area contributed by atoms with Crippen molar-refractivity contribution in [1.82, 2.24) is 10.3 Å². The van der Waals surface area contributed by atoms with E-state index >= 15 is 0 Å². The van der Waals surface area contributed by atoms with Crippen LogP contribution in [0.25, 0.3) is 10.2 Å². The number of Topliss-reactive ketones (excluding diaryl/α,β-unsaturated/α-hetero) is 1. The molecule has 2 aromatic rings. The minimum atomic E-state index is -0.291. The summed E-state index contributed by atoms with van der Waals surface area (Å²) < 4.78 is 13.8. The first-order chi connectivity index (χ1) is 8.74. The summed E-state index contributed by atoms with van der Waals surface area (Å²) in [4.78, 5) is 16.5. The van der Waals surface area contributed by atoms with Gasteiger partial charge in [0.1, 0.15) is 5.82 Å². The number of halogens is 1. The second-order valence-corrected chi connectivity index (χ2v) is 5.53. The summed E-state index contributed by atoms with van der Waals surface area (Å²) in [5.74, 6) is -0.253. The van der Waals surface area contributed by atoms with E-state index in [1.54, 1.807) is 6.07 Å². The Balaban J connectivity index is 1.91. The number of benzene rings is 1. The van der Waals surface area contributed by atoms with Gasteiger partial charge in [0.15, 0.2) is 5.01 Å². The van der Waals surface area contributed by atoms with Gasteiger partial charge in [-0.2, -0.15) is 0 Å². The molecule has 1 unspecified atom stereocenters. The molecule has 0 spiro atoms. The second-order valence-electron chi connectivity index (χ2n) is 4.50. The summed E-state index contributed by atoms with van der Waals surface area (Å²) in [6, 6.07) is 4.30. The van der Waals surface area contributed by atoms with Crippen LogP contribution in [-0.2, 0) is 0 Å². The molecule has 18 heavy (non-hydrogen) atoms. The third-order valence-corrected chi connectivity index (χ3v) is 4.22. The molecule has 1 saturated heterocycles. The lowest BCUT2D eigenvalue weighted by molar-refractivity contribution is 0.0927. The molecule has 3 rings (SSSR count). The lowest BCUT2D eigenvalue weighted by Gasteiger charge is -2.20. The Morgan fingerprint density at radius 2 is 2.33 bits per heavy atom. The van der Waals surface area contributed by atoms with Crippen LogP contribution in [0.15, 0.2) is 18.2 Å². The molecular weight excluding hydrogens is 251 g/mol. The number of rotatable bonds is 2. The number of hydrogen-bond donors (Lipinski definition) is 1. The van der Waals surface area contributed by atoms with Crippen LogP contribution in [0.5, 0.6) is 0 Å². The van der Waals surface area contributed by atoms with Crippen LogP contribution in [0, 0.1) is 5.82 Å². The van der Waals surface area contributed by atoms with Crippen LogP contribution in [0.4, 0.5) is 4.39 Å². The number of ketones is 1. The fourth-order valence-electron chi connectivity index (χ4n) is 2.23. The predicted molar refractivity (Wildman–Crippen MR) is 69.6 cm³/mol. The molecule has 1 atom stereocenters. The molecule has 5 heteroatoms. The van der Waals surface area contributed by atoms with Crippen molar-refractivity contribution in [2.24, 2.45) is 0 Å². The van der Waals surface area contributed by atoms with Gasteiger partial charge in [-0.05, 0) is 37.6 Å². The van der Waals surface area contributed by atoms with E-state index in [4.69, 9.17) is 0 Å². The Bertz CT molecular complexity index is 590. The van der Waals surface area contributed by atoms with E-state index in [9.17, 15) is 9.18 Å². The molecule has 1 aromatic heterocycles. The molecule has 1 aliphatic heterocycles. The average Bonchev–Trinajstić information content (AvgIpc) is 2.81. The van der Waals surface area contributed by atoms with Gasteiger partial charge in [0.05, 0.1) is 16.3 Å². The normalized spacial score (nSPS) is 20.2. The summed E-state index contributed by atoms with van der Waals surface area (Å²) >= 11 is 1.27. The molecule has 0 amide bonds. The molecule has 1 fully saturated rings. The van der Waals surface area contributed by atoms with Crippen molar-refractivity contribution in [2.45, 2.75) is 25.3 Å². The minimum Gasteiger partial charge on any atom is -0.307 e. The van der Waals surface area contributed by atoms with Crippen LogP contribution in [0.1, 0.15) is 29.1 Å². The van der Waals surface area contributed by atoms with Gasteiger partial charge in [-0.3, -0.25) is 4.79 Å². The van der Waals surface area contributed by atoms with Crippen LogP contribution >= 0.6 is 11.3 Å². The topological polar surface area (TPSA) is 42.0 Å². The van der Waals surface area contributed by atoms with Gasteiger partial charge in [0.25, 0.3) is 0 Å². The first kappa shape index (κ1) is 11.7. The second kappa shape index (κ2) is 4.74. The zero-order chi connectivity index (χ0) is 12.5. The van der Waals surface area contributed by atoms with Crippen molar-refractivity contribution < 1.29 is 9.18 Å². The highest BCUT2D eigenvalue weighted by atomic mass is 32.1. The van der Waals surface area contributed by atoms with Gasteiger partial charge < -0.3 is 5.32 Å². The number of aromatic nitrogens is 1. The Labute approximate surface area is 108 Å². The van der Waals surface area contributed by atoms with Crippen LogP contribution in [0.3, 0.4) is 0 Å². The molecule has 0 saturated carbocycles. The molecule has 94 valence electrons. The molecular formula is C13H13FN2OS. The number of carbonyl (C=O) groups is 1. The minimum absolute atomic E-state index is 0.0382. The number of thiazole rings is 1. The highest BCUT2D eigenvalue weighted by molar-refractivity contribution is 7.20. The molecule has 1 N–H and O–H groups in total. The molecule has 0 aliphatic carbocycles. The van der Waals surface area contributed by atoms with E-state index in [2.05, 4.69) is 10.3 Å². The number of nitrogens with one attached hydrogen (secondary N) is 1. The van der Waals surface area contributed by atoms with E-state index in [1.165, 1.54) is 23.5 Å². The predicted octanol–water partition coefficient (Wildman–Crippen LogP) is 2.76. The Morgan fingerprint density at radius 1 is 1.44 bits per heavy atom. The smallest absolute Gasteiger partial charge is 0.208 e. The maximum Gasteiger partial charge on any atom is 0.208 e. The van der Waals surface area contributed by atoms with Gasteiger partial charge in [0, 0.05) is 0 Å². The monoisotopic (exact) mass is 264 g/mol. The third-order valence-electron chi connectivity index (χ3n) is 3.19. The van der Waals surface area contributed by atoms with Crippen LogP contribution in [0.2, 0.25) is 0 Å². The standard InChI is InChI=1S/C13H13FN2OS/c14-8-4-5-9-11(7-8)18-13(16-9)12(17)10-3-1-2-6-15-10/h4-5,7,10,15H,1-3,6H2. The maximum absolute atomic E-state index is 13.1. The number of carbonyl (C=O) groups excluding carboxylic acids is 1. The Morgan fingerprint density at radius 3 is 3.11 bits per heavy atom. The van der Waals surface area contributed by atoms with Crippen molar-refractivity contribution in [3.8, 4) is 0 Å². The molecule has 0 radical (unpaired) electrons. The first-order valence-electron chi connectivity index (χ1n) is 6.08. The van der Waals surface area contributed by atoms with E-state index in [0.717, 1.165) is 30.5 Å². The average molecular weight is 264 g/mol. The fraction of sp³-hybridized carbons (Fsp3) is 0.385. The van der Waals surface area contributed by atoms with Crippen LogP contribution in [-0.4, -0.2) is 23.4 Å². The highest BCUT2D eigenvalue weighted by Crippen LogP contribution is 2.25. The summed E-state index contributed by atoms with van der Waals surface area (Å²) in [6.45, 7) is 0.885. The lowest BCUT2D eigenvalue weighted by Crippen LogP contribution is -2.40. The van der Waals surface area contributed by atoms with Gasteiger partial charge in [-0.15, -0.1) is 11.3 Å². The maximum atomic E-state index is 13.1. The van der Waals surface area contributed by atoms with Crippen LogP contribution < -0.4 is 5.32 Å².